The monoisotopic (exact) mass is 511 g/mol. The Hall–Kier alpha value is -4.27. The minimum atomic E-state index is -5.45. The number of nitrogens with zero attached hydrogens (tertiary/aromatic N) is 5. The van der Waals surface area contributed by atoms with Gasteiger partial charge in [-0.2, -0.15) is 13.2 Å². The first-order valence-electron chi connectivity index (χ1n) is 10.0. The summed E-state index contributed by atoms with van der Waals surface area (Å²) in [5.41, 5.74) is 1.10. The molecule has 1 atom stereocenters. The minimum Gasteiger partial charge on any atom is -0.371 e. The zero-order chi connectivity index (χ0) is 26.3. The number of imidazole rings is 1. The molecule has 1 aromatic carbocycles. The van der Waals surface area contributed by atoms with Crippen molar-refractivity contribution in [2.24, 2.45) is 5.73 Å². The van der Waals surface area contributed by atoms with Crippen LogP contribution >= 0.6 is 0 Å². The normalized spacial score (nSPS) is 13.5. The lowest BCUT2D eigenvalue weighted by Gasteiger charge is -2.27. The zero-order valence-corrected chi connectivity index (χ0v) is 17.9. The number of amides is 1. The van der Waals surface area contributed by atoms with Gasteiger partial charge >= 0.3 is 6.18 Å². The van der Waals surface area contributed by atoms with Gasteiger partial charge in [0.1, 0.15) is 17.3 Å². The van der Waals surface area contributed by atoms with Gasteiger partial charge in [0.15, 0.2) is 23.1 Å². The van der Waals surface area contributed by atoms with E-state index in [9.17, 15) is 36.2 Å². The van der Waals surface area contributed by atoms with E-state index >= 15 is 0 Å². The number of alkyl halides is 3. The molecule has 0 aliphatic rings. The topological polar surface area (TPSA) is 131 Å². The van der Waals surface area contributed by atoms with Gasteiger partial charge in [-0.05, 0) is 23.8 Å². The van der Waals surface area contributed by atoms with Crippen LogP contribution in [-0.2, 0) is 11.2 Å². The third-order valence-electron chi connectivity index (χ3n) is 5.17. The largest absolute Gasteiger partial charge is 0.428 e. The van der Waals surface area contributed by atoms with E-state index in [2.05, 4.69) is 25.7 Å². The van der Waals surface area contributed by atoms with Crippen LogP contribution in [0, 0.1) is 17.5 Å². The molecule has 0 fully saturated rings. The summed E-state index contributed by atoms with van der Waals surface area (Å²) in [6.45, 7) is -1.53. The van der Waals surface area contributed by atoms with Crippen molar-refractivity contribution in [2.45, 2.75) is 18.2 Å². The van der Waals surface area contributed by atoms with Crippen molar-refractivity contribution in [2.75, 3.05) is 11.9 Å². The highest BCUT2D eigenvalue weighted by Gasteiger charge is 2.58. The molecule has 1 amide bonds. The van der Waals surface area contributed by atoms with Crippen molar-refractivity contribution in [3.8, 4) is 11.5 Å². The summed E-state index contributed by atoms with van der Waals surface area (Å²) in [4.78, 5) is 27.2. The molecular weight excluding hydrogens is 496 g/mol. The number of nitrogens with one attached hydrogen (secondary N) is 1. The molecule has 3 aromatic heterocycles. The second-order valence-corrected chi connectivity index (χ2v) is 7.61. The number of fused-ring (bicyclic) bond motifs is 1. The Morgan fingerprint density at radius 3 is 2.56 bits per heavy atom. The molecule has 0 unspecified atom stereocenters. The van der Waals surface area contributed by atoms with Crippen LogP contribution in [0.15, 0.2) is 43.0 Å². The third kappa shape index (κ3) is 4.64. The van der Waals surface area contributed by atoms with Gasteiger partial charge in [0.05, 0.1) is 18.4 Å². The van der Waals surface area contributed by atoms with Gasteiger partial charge in [0.2, 0.25) is 0 Å². The van der Waals surface area contributed by atoms with Gasteiger partial charge in [0, 0.05) is 25.0 Å². The van der Waals surface area contributed by atoms with Gasteiger partial charge in [-0.15, -0.1) is 0 Å². The molecule has 0 spiro atoms. The summed E-state index contributed by atoms with van der Waals surface area (Å²) in [5, 5.41) is 11.6. The molecule has 15 heteroatoms. The summed E-state index contributed by atoms with van der Waals surface area (Å²) >= 11 is 0. The fourth-order valence-corrected chi connectivity index (χ4v) is 3.24. The third-order valence-corrected chi connectivity index (χ3v) is 5.17. The molecular formula is C21H15F6N7O2. The van der Waals surface area contributed by atoms with E-state index in [-0.39, 0.29) is 29.2 Å². The van der Waals surface area contributed by atoms with E-state index in [0.29, 0.717) is 11.8 Å². The van der Waals surface area contributed by atoms with Gasteiger partial charge < -0.3 is 20.6 Å². The molecule has 0 saturated heterocycles. The average Bonchev–Trinajstić information content (AvgIpc) is 3.29. The number of hydrogen-bond donors (Lipinski definition) is 3. The summed E-state index contributed by atoms with van der Waals surface area (Å²) in [7, 11) is 0. The number of rotatable bonds is 7. The van der Waals surface area contributed by atoms with Gasteiger partial charge in [-0.25, -0.2) is 33.1 Å². The molecule has 0 aliphatic heterocycles. The van der Waals surface area contributed by atoms with Crippen molar-refractivity contribution in [1.82, 2.24) is 24.3 Å². The van der Waals surface area contributed by atoms with Crippen LogP contribution in [0.25, 0.3) is 17.2 Å². The summed E-state index contributed by atoms with van der Waals surface area (Å²) in [5.74, 6) is -5.71. The Kier molecular flexibility index (Phi) is 6.26. The summed E-state index contributed by atoms with van der Waals surface area (Å²) < 4.78 is 82.8. The molecule has 0 aliphatic carbocycles. The average molecular weight is 511 g/mol. The van der Waals surface area contributed by atoms with E-state index in [0.717, 1.165) is 18.2 Å². The number of carbonyl (C=O) groups excluding carboxylic acids is 1. The molecule has 36 heavy (non-hydrogen) atoms. The first kappa shape index (κ1) is 24.8. The Balaban J connectivity index is 1.71. The Bertz CT molecular complexity index is 1460. The molecule has 0 radical (unpaired) electrons. The van der Waals surface area contributed by atoms with Crippen molar-refractivity contribution in [3.63, 3.8) is 0 Å². The van der Waals surface area contributed by atoms with Crippen molar-refractivity contribution in [3.05, 3.63) is 71.7 Å². The van der Waals surface area contributed by atoms with Crippen molar-refractivity contribution >= 4 is 17.4 Å². The number of benzene rings is 1. The molecule has 188 valence electrons. The second kappa shape index (κ2) is 9.07. The maximum atomic E-state index is 14.2. The molecule has 0 bridgehead atoms. The Morgan fingerprint density at radius 1 is 1.11 bits per heavy atom. The maximum absolute atomic E-state index is 14.2. The SMILES string of the molecule is NC(=O)[C@](O)(CNc1nc(-c2cn3ccnc3c(Cc3cc(F)ccc3F)n2)ncc1F)C(F)(F)F. The Labute approximate surface area is 197 Å². The number of aromatic nitrogens is 5. The highest BCUT2D eigenvalue weighted by atomic mass is 19.4. The van der Waals surface area contributed by atoms with E-state index in [4.69, 9.17) is 0 Å². The number of primary amides is 1. The van der Waals surface area contributed by atoms with Crippen LogP contribution in [0.2, 0.25) is 0 Å². The maximum Gasteiger partial charge on any atom is 0.428 e. The fourth-order valence-electron chi connectivity index (χ4n) is 3.24. The van der Waals surface area contributed by atoms with Gasteiger partial charge in [0.25, 0.3) is 11.5 Å². The summed E-state index contributed by atoms with van der Waals surface area (Å²) in [6.07, 6.45) is -0.722. The lowest BCUT2D eigenvalue weighted by molar-refractivity contribution is -0.245. The molecule has 4 rings (SSSR count). The van der Waals surface area contributed by atoms with Crippen molar-refractivity contribution in [1.29, 1.82) is 0 Å². The predicted molar refractivity (Wildman–Crippen MR) is 112 cm³/mol. The van der Waals surface area contributed by atoms with Crippen LogP contribution in [0.3, 0.4) is 0 Å². The first-order valence-corrected chi connectivity index (χ1v) is 10.0. The van der Waals surface area contributed by atoms with E-state index in [1.807, 2.05) is 5.32 Å². The van der Waals surface area contributed by atoms with Crippen LogP contribution in [-0.4, -0.2) is 53.7 Å². The molecule has 0 saturated carbocycles. The number of halogens is 6. The van der Waals surface area contributed by atoms with Gasteiger partial charge in [-0.3, -0.25) is 4.79 Å². The lowest BCUT2D eigenvalue weighted by Crippen LogP contribution is -2.59. The molecule has 9 nitrogen and oxygen atoms in total. The molecule has 4 N–H and O–H groups in total. The first-order chi connectivity index (χ1) is 16.9. The molecule has 4 aromatic rings. The Morgan fingerprint density at radius 2 is 1.86 bits per heavy atom. The van der Waals surface area contributed by atoms with Crippen LogP contribution in [0.1, 0.15) is 11.3 Å². The van der Waals surface area contributed by atoms with Crippen LogP contribution < -0.4 is 11.1 Å². The highest BCUT2D eigenvalue weighted by molar-refractivity contribution is 5.85. The zero-order valence-electron chi connectivity index (χ0n) is 17.9. The van der Waals surface area contributed by atoms with Gasteiger partial charge in [-0.1, -0.05) is 0 Å². The standard InChI is InChI=1S/C21H15F6N7O2/c22-11-1-2-12(23)10(5-11)6-14-18-29-3-4-34(18)8-15(32-14)17-30-7-13(24)16(33-17)31-9-20(36,19(28)35)21(25,26)27/h1-5,7-8,36H,6,9H2,(H2,28,35)(H,30,31,33)/t20-/m1/s1. The van der Waals surface area contributed by atoms with Crippen LogP contribution in [0.5, 0.6) is 0 Å². The minimum absolute atomic E-state index is 0.0173. The molecule has 3 heterocycles. The van der Waals surface area contributed by atoms with Crippen molar-refractivity contribution < 1.29 is 36.2 Å². The smallest absolute Gasteiger partial charge is 0.371 e. The number of carbonyl (C=O) groups is 1. The number of hydrogen-bond acceptors (Lipinski definition) is 7. The number of anilines is 1. The number of aliphatic hydroxyl groups is 1. The second-order valence-electron chi connectivity index (χ2n) is 7.61. The predicted octanol–water partition coefficient (Wildman–Crippen LogP) is 2.39. The van der Waals surface area contributed by atoms with E-state index in [1.54, 1.807) is 0 Å². The quantitative estimate of drug-likeness (QED) is 0.325. The van der Waals surface area contributed by atoms with E-state index < -0.39 is 47.5 Å². The van der Waals surface area contributed by atoms with E-state index in [1.165, 1.54) is 23.0 Å². The fraction of sp³-hybridized carbons (Fsp3) is 0.190. The van der Waals surface area contributed by atoms with Crippen LogP contribution in [0.4, 0.5) is 32.2 Å². The summed E-state index contributed by atoms with van der Waals surface area (Å²) in [6, 6.07) is 2.89. The number of nitrogens with two attached hydrogens (primary N) is 1. The highest BCUT2D eigenvalue weighted by Crippen LogP contribution is 2.31. The lowest BCUT2D eigenvalue weighted by atomic mass is 10.0.